The van der Waals surface area contributed by atoms with Crippen molar-refractivity contribution in [1.82, 2.24) is 5.32 Å². The fourth-order valence-corrected chi connectivity index (χ4v) is 2.04. The number of hydrogen-bond donors (Lipinski definition) is 2. The zero-order valence-corrected chi connectivity index (χ0v) is 14.3. The van der Waals surface area contributed by atoms with Crippen molar-refractivity contribution in [2.24, 2.45) is 4.99 Å². The van der Waals surface area contributed by atoms with Gasteiger partial charge in [0, 0.05) is 17.3 Å². The van der Waals surface area contributed by atoms with E-state index in [2.05, 4.69) is 10.3 Å². The average molecular weight is 326 g/mol. The first-order chi connectivity index (χ1) is 11.3. The number of carbonyl (C=O) groups excluding carboxylic acids is 1. The van der Waals surface area contributed by atoms with Crippen molar-refractivity contribution in [3.8, 4) is 11.5 Å². The third-order valence-electron chi connectivity index (χ3n) is 3.18. The lowest BCUT2D eigenvalue weighted by atomic mass is 10.1. The molecular formula is C19H22N2O3. The van der Waals surface area contributed by atoms with E-state index in [0.717, 1.165) is 11.3 Å². The number of rotatable bonds is 4. The minimum atomic E-state index is -0.272. The van der Waals surface area contributed by atoms with Gasteiger partial charge in [0.2, 0.25) is 0 Å². The number of phenolic OH excluding ortho intramolecular Hbond substituents is 1. The van der Waals surface area contributed by atoms with Crippen LogP contribution in [0.15, 0.2) is 47.5 Å². The third kappa shape index (κ3) is 4.84. The van der Waals surface area contributed by atoms with Crippen molar-refractivity contribution in [2.75, 3.05) is 7.11 Å². The minimum Gasteiger partial charge on any atom is -0.504 e. The SMILES string of the molecule is COc1cc(C=Nc2ccc(C(=O)NC(C)(C)C)cc2)ccc1O. The van der Waals surface area contributed by atoms with Crippen molar-refractivity contribution >= 4 is 17.8 Å². The summed E-state index contributed by atoms with van der Waals surface area (Å²) in [5.41, 5.74) is 1.86. The molecule has 0 bridgehead atoms. The van der Waals surface area contributed by atoms with Gasteiger partial charge >= 0.3 is 0 Å². The molecule has 2 rings (SSSR count). The molecular weight excluding hydrogens is 304 g/mol. The van der Waals surface area contributed by atoms with Gasteiger partial charge in [-0.2, -0.15) is 0 Å². The van der Waals surface area contributed by atoms with Gasteiger partial charge in [-0.05, 0) is 68.8 Å². The molecule has 1 amide bonds. The van der Waals surface area contributed by atoms with Crippen LogP contribution in [0.3, 0.4) is 0 Å². The first-order valence-corrected chi connectivity index (χ1v) is 7.62. The smallest absolute Gasteiger partial charge is 0.251 e. The maximum atomic E-state index is 12.1. The zero-order valence-electron chi connectivity index (χ0n) is 14.3. The standard InChI is InChI=1S/C19H22N2O3/c1-19(2,3)21-18(23)14-6-8-15(9-7-14)20-12-13-5-10-16(22)17(11-13)24-4/h5-12,22H,1-4H3,(H,21,23). The molecule has 0 saturated carbocycles. The highest BCUT2D eigenvalue weighted by Crippen LogP contribution is 2.25. The molecule has 24 heavy (non-hydrogen) atoms. The lowest BCUT2D eigenvalue weighted by Crippen LogP contribution is -2.40. The van der Waals surface area contributed by atoms with Crippen LogP contribution >= 0.6 is 0 Å². The van der Waals surface area contributed by atoms with Crippen molar-refractivity contribution < 1.29 is 14.6 Å². The predicted molar refractivity (Wildman–Crippen MR) is 95.6 cm³/mol. The Morgan fingerprint density at radius 3 is 2.42 bits per heavy atom. The Hall–Kier alpha value is -2.82. The molecule has 0 saturated heterocycles. The number of hydrogen-bond acceptors (Lipinski definition) is 4. The second-order valence-electron chi connectivity index (χ2n) is 6.44. The van der Waals surface area contributed by atoms with E-state index in [9.17, 15) is 9.90 Å². The van der Waals surface area contributed by atoms with Gasteiger partial charge in [0.05, 0.1) is 12.8 Å². The van der Waals surface area contributed by atoms with Crippen molar-refractivity contribution in [2.45, 2.75) is 26.3 Å². The van der Waals surface area contributed by atoms with E-state index < -0.39 is 0 Å². The molecule has 2 aromatic rings. The quantitative estimate of drug-likeness (QED) is 0.842. The maximum Gasteiger partial charge on any atom is 0.251 e. The van der Waals surface area contributed by atoms with Gasteiger partial charge in [-0.15, -0.1) is 0 Å². The largest absolute Gasteiger partial charge is 0.504 e. The normalized spacial score (nSPS) is 11.5. The molecule has 0 aliphatic rings. The number of carbonyl (C=O) groups is 1. The average Bonchev–Trinajstić information content (AvgIpc) is 2.53. The summed E-state index contributed by atoms with van der Waals surface area (Å²) in [4.78, 5) is 16.4. The number of benzene rings is 2. The Morgan fingerprint density at radius 1 is 1.17 bits per heavy atom. The highest BCUT2D eigenvalue weighted by Gasteiger charge is 2.14. The molecule has 0 unspecified atom stereocenters. The number of amides is 1. The molecule has 0 aromatic heterocycles. The zero-order chi connectivity index (χ0) is 17.7. The second-order valence-corrected chi connectivity index (χ2v) is 6.44. The van der Waals surface area contributed by atoms with Crippen LogP contribution in [0.25, 0.3) is 0 Å². The van der Waals surface area contributed by atoms with Crippen LogP contribution < -0.4 is 10.1 Å². The number of nitrogens with one attached hydrogen (secondary N) is 1. The van der Waals surface area contributed by atoms with Gasteiger partial charge in [0.25, 0.3) is 5.91 Å². The van der Waals surface area contributed by atoms with Crippen molar-refractivity contribution in [3.05, 3.63) is 53.6 Å². The van der Waals surface area contributed by atoms with Crippen LogP contribution in [0, 0.1) is 0 Å². The monoisotopic (exact) mass is 326 g/mol. The van der Waals surface area contributed by atoms with E-state index >= 15 is 0 Å². The molecule has 0 aliphatic carbocycles. The van der Waals surface area contributed by atoms with Gasteiger partial charge in [-0.1, -0.05) is 0 Å². The number of aromatic hydroxyl groups is 1. The number of methoxy groups -OCH3 is 1. The first-order valence-electron chi connectivity index (χ1n) is 7.62. The Kier molecular flexibility index (Phi) is 5.24. The highest BCUT2D eigenvalue weighted by atomic mass is 16.5. The lowest BCUT2D eigenvalue weighted by Gasteiger charge is -2.20. The summed E-state index contributed by atoms with van der Waals surface area (Å²) >= 11 is 0. The lowest BCUT2D eigenvalue weighted by molar-refractivity contribution is 0.0919. The van der Waals surface area contributed by atoms with Gasteiger partial charge in [-0.3, -0.25) is 9.79 Å². The van der Waals surface area contributed by atoms with Gasteiger partial charge < -0.3 is 15.2 Å². The number of aliphatic imine (C=N–C) groups is 1. The van der Waals surface area contributed by atoms with E-state index in [0.29, 0.717) is 11.3 Å². The Balaban J connectivity index is 2.10. The molecule has 5 nitrogen and oxygen atoms in total. The molecule has 2 aromatic carbocycles. The molecule has 0 heterocycles. The summed E-state index contributed by atoms with van der Waals surface area (Å²) < 4.78 is 5.06. The van der Waals surface area contributed by atoms with Crippen LogP contribution in [-0.4, -0.2) is 29.9 Å². The Labute approximate surface area is 142 Å². The van der Waals surface area contributed by atoms with E-state index in [4.69, 9.17) is 4.74 Å². The molecule has 2 N–H and O–H groups in total. The van der Waals surface area contributed by atoms with Gasteiger partial charge in [-0.25, -0.2) is 0 Å². The maximum absolute atomic E-state index is 12.1. The van der Waals surface area contributed by atoms with Crippen LogP contribution in [-0.2, 0) is 0 Å². The van der Waals surface area contributed by atoms with Gasteiger partial charge in [0.15, 0.2) is 11.5 Å². The first kappa shape index (κ1) is 17.5. The summed E-state index contributed by atoms with van der Waals surface area (Å²) in [5, 5.41) is 12.5. The highest BCUT2D eigenvalue weighted by molar-refractivity contribution is 5.95. The van der Waals surface area contributed by atoms with Crippen molar-refractivity contribution in [3.63, 3.8) is 0 Å². The second kappa shape index (κ2) is 7.17. The van der Waals surface area contributed by atoms with Crippen LogP contribution in [0.4, 0.5) is 5.69 Å². The fraction of sp³-hybridized carbons (Fsp3) is 0.263. The minimum absolute atomic E-state index is 0.0869. The van der Waals surface area contributed by atoms with Crippen molar-refractivity contribution in [1.29, 1.82) is 0 Å². The number of ether oxygens (including phenoxy) is 1. The molecule has 0 radical (unpaired) electrons. The summed E-state index contributed by atoms with van der Waals surface area (Å²) in [5.74, 6) is 0.373. The fourth-order valence-electron chi connectivity index (χ4n) is 2.04. The summed E-state index contributed by atoms with van der Waals surface area (Å²) in [6, 6.07) is 12.0. The van der Waals surface area contributed by atoms with Gasteiger partial charge in [0.1, 0.15) is 0 Å². The molecule has 0 aliphatic heterocycles. The van der Waals surface area contributed by atoms with Crippen LogP contribution in [0.1, 0.15) is 36.7 Å². The number of nitrogens with zero attached hydrogens (tertiary/aromatic N) is 1. The van der Waals surface area contributed by atoms with Crippen LogP contribution in [0.5, 0.6) is 11.5 Å². The molecule has 0 fully saturated rings. The number of phenols is 1. The van der Waals surface area contributed by atoms with E-state index in [1.807, 2.05) is 20.8 Å². The topological polar surface area (TPSA) is 70.9 Å². The van der Waals surface area contributed by atoms with E-state index in [1.54, 1.807) is 48.7 Å². The molecule has 0 atom stereocenters. The summed E-state index contributed by atoms with van der Waals surface area (Å²) in [7, 11) is 1.50. The van der Waals surface area contributed by atoms with E-state index in [1.165, 1.54) is 7.11 Å². The molecule has 5 heteroatoms. The Bertz CT molecular complexity index is 744. The predicted octanol–water partition coefficient (Wildman–Crippen LogP) is 3.68. The third-order valence-corrected chi connectivity index (χ3v) is 3.18. The molecule has 126 valence electrons. The Morgan fingerprint density at radius 2 is 1.83 bits per heavy atom. The van der Waals surface area contributed by atoms with E-state index in [-0.39, 0.29) is 17.2 Å². The summed E-state index contributed by atoms with van der Waals surface area (Å²) in [6.45, 7) is 5.82. The molecule has 0 spiro atoms. The van der Waals surface area contributed by atoms with Crippen LogP contribution in [0.2, 0.25) is 0 Å². The summed E-state index contributed by atoms with van der Waals surface area (Å²) in [6.07, 6.45) is 1.67.